The van der Waals surface area contributed by atoms with Gasteiger partial charge in [0.15, 0.2) is 5.84 Å². The summed E-state index contributed by atoms with van der Waals surface area (Å²) in [6.45, 7) is 1.96. The summed E-state index contributed by atoms with van der Waals surface area (Å²) in [6, 6.07) is 8.50. The van der Waals surface area contributed by atoms with E-state index in [1.807, 2.05) is 6.92 Å². The van der Waals surface area contributed by atoms with E-state index in [0.717, 1.165) is 5.04 Å². The first-order valence-corrected chi connectivity index (χ1v) is 9.58. The summed E-state index contributed by atoms with van der Waals surface area (Å²) >= 11 is 13.5. The van der Waals surface area contributed by atoms with Crippen molar-refractivity contribution in [2.24, 2.45) is 10.1 Å². The van der Waals surface area contributed by atoms with E-state index in [2.05, 4.69) is 10.1 Å². The monoisotopic (exact) mass is 418 g/mol. The molecule has 2 aliphatic rings. The zero-order chi connectivity index (χ0) is 19.1. The Hall–Kier alpha value is -2.35. The number of fused-ring (bicyclic) bond motifs is 1. The van der Waals surface area contributed by atoms with Gasteiger partial charge in [-0.15, -0.1) is 0 Å². The van der Waals surface area contributed by atoms with Gasteiger partial charge in [0.05, 0.1) is 10.6 Å². The molecule has 1 aromatic carbocycles. The third-order valence-electron chi connectivity index (χ3n) is 3.91. The van der Waals surface area contributed by atoms with Crippen LogP contribution < -0.4 is 0 Å². The number of hydrazone groups is 1. The number of hydrogen-bond acceptors (Lipinski definition) is 5. The van der Waals surface area contributed by atoms with Crippen LogP contribution in [0.5, 0.6) is 0 Å². The van der Waals surface area contributed by atoms with E-state index in [4.69, 9.17) is 33.0 Å². The number of carbonyl (C=O) groups is 1. The van der Waals surface area contributed by atoms with Gasteiger partial charge in [-0.2, -0.15) is 15.1 Å². The lowest BCUT2D eigenvalue weighted by Crippen LogP contribution is -2.35. The molecule has 27 heavy (non-hydrogen) atoms. The first kappa shape index (κ1) is 18.0. The fraction of sp³-hybridized carbons (Fsp3) is 0.111. The van der Waals surface area contributed by atoms with Gasteiger partial charge in [-0.3, -0.25) is 10.2 Å². The second-order valence-electron chi connectivity index (χ2n) is 5.69. The van der Waals surface area contributed by atoms with Crippen molar-refractivity contribution in [3.8, 4) is 11.3 Å². The second-order valence-corrected chi connectivity index (χ2v) is 7.58. The highest BCUT2D eigenvalue weighted by Gasteiger charge is 2.35. The molecular weight excluding hydrogens is 407 g/mol. The molecule has 0 unspecified atom stereocenters. The van der Waals surface area contributed by atoms with Gasteiger partial charge in [0.25, 0.3) is 5.91 Å². The van der Waals surface area contributed by atoms with Crippen LogP contribution in [0.2, 0.25) is 10.0 Å². The van der Waals surface area contributed by atoms with Gasteiger partial charge in [-0.1, -0.05) is 30.1 Å². The van der Waals surface area contributed by atoms with Crippen molar-refractivity contribution in [2.45, 2.75) is 13.3 Å². The Morgan fingerprint density at radius 2 is 2.11 bits per heavy atom. The average Bonchev–Trinajstić information content (AvgIpc) is 3.27. The van der Waals surface area contributed by atoms with E-state index in [1.54, 1.807) is 30.3 Å². The van der Waals surface area contributed by atoms with Crippen LogP contribution in [-0.4, -0.2) is 27.0 Å². The number of rotatable bonds is 3. The van der Waals surface area contributed by atoms with E-state index in [1.165, 1.54) is 22.8 Å². The number of benzene rings is 1. The Labute approximate surface area is 169 Å². The maximum atomic E-state index is 12.4. The van der Waals surface area contributed by atoms with Crippen LogP contribution in [0.3, 0.4) is 0 Å². The third-order valence-corrected chi connectivity index (χ3v) is 5.52. The van der Waals surface area contributed by atoms with E-state index in [0.29, 0.717) is 38.7 Å². The molecule has 3 heterocycles. The molecule has 2 aliphatic heterocycles. The lowest BCUT2D eigenvalue weighted by Gasteiger charge is -2.19. The van der Waals surface area contributed by atoms with Gasteiger partial charge in [0, 0.05) is 10.6 Å². The maximum Gasteiger partial charge on any atom is 0.283 e. The molecule has 0 saturated carbocycles. The molecular formula is C18H12Cl2N4O2S. The van der Waals surface area contributed by atoms with Gasteiger partial charge >= 0.3 is 0 Å². The minimum Gasteiger partial charge on any atom is -0.457 e. The number of aliphatic imine (C=N–C) groups is 1. The van der Waals surface area contributed by atoms with Crippen molar-refractivity contribution >= 4 is 63.0 Å². The molecule has 0 aliphatic carbocycles. The largest absolute Gasteiger partial charge is 0.457 e. The topological polar surface area (TPSA) is 82.0 Å². The number of amides is 1. The Morgan fingerprint density at radius 1 is 1.30 bits per heavy atom. The first-order chi connectivity index (χ1) is 13.0. The molecule has 1 aromatic heterocycles. The zero-order valence-corrected chi connectivity index (χ0v) is 16.3. The normalized spacial score (nSPS) is 18.0. The molecule has 0 atom stereocenters. The number of nitrogens with zero attached hydrogens (tertiary/aromatic N) is 3. The van der Waals surface area contributed by atoms with E-state index in [-0.39, 0.29) is 11.4 Å². The van der Waals surface area contributed by atoms with Gasteiger partial charge < -0.3 is 4.42 Å². The van der Waals surface area contributed by atoms with Crippen molar-refractivity contribution < 1.29 is 9.21 Å². The maximum absolute atomic E-state index is 12.4. The SMILES string of the molecule is CCC1=NN2C(=N)/C(=C/c3ccc(-c4cc(Cl)ccc4Cl)o3)C(=O)N=C2S1. The van der Waals surface area contributed by atoms with Gasteiger partial charge in [0.1, 0.15) is 16.6 Å². The van der Waals surface area contributed by atoms with Crippen molar-refractivity contribution in [3.05, 3.63) is 51.7 Å². The third kappa shape index (κ3) is 3.34. The fourth-order valence-electron chi connectivity index (χ4n) is 2.58. The second kappa shape index (κ2) is 6.99. The van der Waals surface area contributed by atoms with Crippen LogP contribution in [0.4, 0.5) is 0 Å². The Bertz CT molecular complexity index is 1070. The highest BCUT2D eigenvalue weighted by molar-refractivity contribution is 8.26. The minimum atomic E-state index is -0.495. The zero-order valence-electron chi connectivity index (χ0n) is 14.0. The van der Waals surface area contributed by atoms with E-state index in [9.17, 15) is 4.79 Å². The summed E-state index contributed by atoms with van der Waals surface area (Å²) in [5.41, 5.74) is 0.755. The van der Waals surface area contributed by atoms with Gasteiger partial charge in [0.2, 0.25) is 5.17 Å². The average molecular weight is 419 g/mol. The molecule has 0 fully saturated rings. The van der Waals surface area contributed by atoms with Crippen molar-refractivity contribution in [2.75, 3.05) is 0 Å². The molecule has 0 saturated heterocycles. The molecule has 0 spiro atoms. The summed E-state index contributed by atoms with van der Waals surface area (Å²) in [5.74, 6) is 0.389. The summed E-state index contributed by atoms with van der Waals surface area (Å²) in [6.07, 6.45) is 2.19. The van der Waals surface area contributed by atoms with Crippen molar-refractivity contribution in [1.29, 1.82) is 5.41 Å². The molecule has 0 radical (unpaired) electrons. The van der Waals surface area contributed by atoms with Gasteiger partial charge in [-0.05, 0) is 54.6 Å². The molecule has 6 nitrogen and oxygen atoms in total. The number of thioether (sulfide) groups is 1. The molecule has 136 valence electrons. The van der Waals surface area contributed by atoms with Crippen molar-refractivity contribution in [1.82, 2.24) is 5.01 Å². The quantitative estimate of drug-likeness (QED) is 0.686. The molecule has 0 bridgehead atoms. The standard InChI is InChI=1S/C18H12Cl2N4O2S/c1-2-15-23-24-16(21)12(17(25)22-18(24)27-15)8-10-4-6-14(26-10)11-7-9(19)3-5-13(11)20/h3-8,21H,2H2,1H3/b12-8-,21-16?. The predicted molar refractivity (Wildman–Crippen MR) is 109 cm³/mol. The minimum absolute atomic E-state index is 0.0281. The summed E-state index contributed by atoms with van der Waals surface area (Å²) in [5, 5.41) is 16.2. The van der Waals surface area contributed by atoms with Crippen LogP contribution in [-0.2, 0) is 4.79 Å². The first-order valence-electron chi connectivity index (χ1n) is 8.00. The van der Waals surface area contributed by atoms with Crippen LogP contribution in [0.1, 0.15) is 19.1 Å². The van der Waals surface area contributed by atoms with Crippen LogP contribution in [0.15, 0.2) is 50.4 Å². The van der Waals surface area contributed by atoms with Crippen LogP contribution in [0.25, 0.3) is 17.4 Å². The van der Waals surface area contributed by atoms with Gasteiger partial charge in [-0.25, -0.2) is 0 Å². The number of amidine groups is 2. The molecule has 4 rings (SSSR count). The Kier molecular flexibility index (Phi) is 4.67. The number of hydrogen-bond donors (Lipinski definition) is 1. The number of nitrogens with one attached hydrogen (secondary N) is 1. The van der Waals surface area contributed by atoms with Crippen LogP contribution in [0, 0.1) is 5.41 Å². The van der Waals surface area contributed by atoms with E-state index < -0.39 is 5.91 Å². The smallest absolute Gasteiger partial charge is 0.283 e. The summed E-state index contributed by atoms with van der Waals surface area (Å²) < 4.78 is 5.78. The predicted octanol–water partition coefficient (Wildman–Crippen LogP) is 5.28. The molecule has 2 aromatic rings. The Balaban J connectivity index is 1.68. The molecule has 1 amide bonds. The van der Waals surface area contributed by atoms with E-state index >= 15 is 0 Å². The number of halogens is 2. The number of furan rings is 1. The summed E-state index contributed by atoms with van der Waals surface area (Å²) in [7, 11) is 0. The lowest BCUT2D eigenvalue weighted by atomic mass is 10.1. The van der Waals surface area contributed by atoms with Crippen LogP contribution >= 0.6 is 35.0 Å². The van der Waals surface area contributed by atoms with Crippen molar-refractivity contribution in [3.63, 3.8) is 0 Å². The Morgan fingerprint density at radius 3 is 2.89 bits per heavy atom. The highest BCUT2D eigenvalue weighted by Crippen LogP contribution is 2.33. The number of carbonyl (C=O) groups excluding carboxylic acids is 1. The lowest BCUT2D eigenvalue weighted by molar-refractivity contribution is -0.114. The molecule has 9 heteroatoms. The fourth-order valence-corrected chi connectivity index (χ4v) is 3.79. The molecule has 1 N–H and O–H groups in total. The highest BCUT2D eigenvalue weighted by atomic mass is 35.5. The summed E-state index contributed by atoms with van der Waals surface area (Å²) in [4.78, 5) is 16.4.